The van der Waals surface area contributed by atoms with Gasteiger partial charge in [-0.2, -0.15) is 0 Å². The Bertz CT molecular complexity index is 623. The number of esters is 1. The number of aryl methyl sites for hydroxylation is 1. The van der Waals surface area contributed by atoms with Gasteiger partial charge in [0.25, 0.3) is 5.91 Å². The Morgan fingerprint density at radius 2 is 2.15 bits per heavy atom. The number of hydrogen-bond donors (Lipinski definition) is 1. The first-order chi connectivity index (χ1) is 9.61. The number of aromatic nitrogens is 1. The number of methoxy groups -OCH3 is 1. The van der Waals surface area contributed by atoms with Crippen LogP contribution in [0.4, 0.5) is 0 Å². The summed E-state index contributed by atoms with van der Waals surface area (Å²) in [6, 6.07) is 7.44. The van der Waals surface area contributed by atoms with Gasteiger partial charge in [0.2, 0.25) is 0 Å². The van der Waals surface area contributed by atoms with E-state index in [0.29, 0.717) is 11.3 Å². The van der Waals surface area contributed by atoms with Crippen LogP contribution in [-0.4, -0.2) is 30.5 Å². The van der Waals surface area contributed by atoms with Crippen molar-refractivity contribution in [2.24, 2.45) is 0 Å². The molecule has 0 fully saturated rings. The number of carbonyl (C=O) groups is 2. The summed E-state index contributed by atoms with van der Waals surface area (Å²) in [5.74, 6) is -0.822. The summed E-state index contributed by atoms with van der Waals surface area (Å²) in [4.78, 5) is 28.4. The third-order valence-corrected chi connectivity index (χ3v) is 3.62. The summed E-state index contributed by atoms with van der Waals surface area (Å²) >= 11 is 1.59. The van der Waals surface area contributed by atoms with E-state index in [1.165, 1.54) is 7.11 Å². The van der Waals surface area contributed by atoms with Crippen molar-refractivity contribution in [3.8, 4) is 10.6 Å². The standard InChI is InChI=1S/C14H14N2O3S/c1-9-10(14(18)15-8-13(17)19-2)5-6-11(16-9)12-4-3-7-20-12/h3-7H,8H2,1-2H3,(H,15,18). The van der Waals surface area contributed by atoms with Crippen LogP contribution in [-0.2, 0) is 9.53 Å². The first-order valence-electron chi connectivity index (χ1n) is 5.98. The van der Waals surface area contributed by atoms with E-state index in [9.17, 15) is 9.59 Å². The van der Waals surface area contributed by atoms with E-state index in [-0.39, 0.29) is 12.5 Å². The Balaban J connectivity index is 2.13. The zero-order valence-corrected chi connectivity index (χ0v) is 12.0. The van der Waals surface area contributed by atoms with Crippen molar-refractivity contribution < 1.29 is 14.3 Å². The van der Waals surface area contributed by atoms with Gasteiger partial charge in [0.15, 0.2) is 0 Å². The second kappa shape index (κ2) is 6.29. The van der Waals surface area contributed by atoms with Crippen LogP contribution in [0.15, 0.2) is 29.6 Å². The van der Waals surface area contributed by atoms with E-state index in [2.05, 4.69) is 15.0 Å². The van der Waals surface area contributed by atoms with E-state index in [4.69, 9.17) is 0 Å². The number of rotatable bonds is 4. The van der Waals surface area contributed by atoms with Gasteiger partial charge in [0.1, 0.15) is 6.54 Å². The molecule has 0 radical (unpaired) electrons. The summed E-state index contributed by atoms with van der Waals surface area (Å²) in [5, 5.41) is 4.47. The van der Waals surface area contributed by atoms with E-state index >= 15 is 0 Å². The monoisotopic (exact) mass is 290 g/mol. The van der Waals surface area contributed by atoms with Crippen molar-refractivity contribution in [1.29, 1.82) is 0 Å². The Morgan fingerprint density at radius 3 is 2.75 bits per heavy atom. The highest BCUT2D eigenvalue weighted by Crippen LogP contribution is 2.23. The number of hydrogen-bond acceptors (Lipinski definition) is 5. The van der Waals surface area contributed by atoms with E-state index in [0.717, 1.165) is 10.6 Å². The molecule has 5 nitrogen and oxygen atoms in total. The predicted octanol–water partition coefficient (Wildman–Crippen LogP) is 2.02. The lowest BCUT2D eigenvalue weighted by atomic mass is 10.1. The molecule has 2 aromatic rings. The molecule has 1 N–H and O–H groups in total. The largest absolute Gasteiger partial charge is 0.468 e. The minimum Gasteiger partial charge on any atom is -0.468 e. The van der Waals surface area contributed by atoms with Crippen LogP contribution in [0.1, 0.15) is 16.1 Å². The van der Waals surface area contributed by atoms with Gasteiger partial charge in [-0.15, -0.1) is 11.3 Å². The SMILES string of the molecule is COC(=O)CNC(=O)c1ccc(-c2cccs2)nc1C. The van der Waals surface area contributed by atoms with E-state index in [1.54, 1.807) is 30.4 Å². The van der Waals surface area contributed by atoms with Crippen molar-refractivity contribution in [2.75, 3.05) is 13.7 Å². The Morgan fingerprint density at radius 1 is 1.35 bits per heavy atom. The number of pyridine rings is 1. The van der Waals surface area contributed by atoms with Gasteiger partial charge in [-0.1, -0.05) is 6.07 Å². The van der Waals surface area contributed by atoms with Crippen molar-refractivity contribution in [3.63, 3.8) is 0 Å². The second-order valence-electron chi connectivity index (χ2n) is 4.07. The first kappa shape index (κ1) is 14.2. The van der Waals surface area contributed by atoms with Crippen molar-refractivity contribution in [2.45, 2.75) is 6.92 Å². The normalized spacial score (nSPS) is 10.1. The molecule has 6 heteroatoms. The third-order valence-electron chi connectivity index (χ3n) is 2.73. The molecule has 0 aliphatic carbocycles. The lowest BCUT2D eigenvalue weighted by Crippen LogP contribution is -2.30. The molecule has 0 bridgehead atoms. The Hall–Kier alpha value is -2.21. The highest BCUT2D eigenvalue weighted by Gasteiger charge is 2.12. The van der Waals surface area contributed by atoms with Gasteiger partial charge in [0.05, 0.1) is 28.9 Å². The molecular formula is C14H14N2O3S. The molecule has 104 valence electrons. The van der Waals surface area contributed by atoms with Crippen LogP contribution >= 0.6 is 11.3 Å². The number of nitrogens with one attached hydrogen (secondary N) is 1. The van der Waals surface area contributed by atoms with Crippen LogP contribution in [0.2, 0.25) is 0 Å². The zero-order chi connectivity index (χ0) is 14.5. The molecule has 0 saturated carbocycles. The molecule has 1 amide bonds. The first-order valence-corrected chi connectivity index (χ1v) is 6.86. The molecule has 0 aromatic carbocycles. The third kappa shape index (κ3) is 3.21. The van der Waals surface area contributed by atoms with Crippen LogP contribution in [0.25, 0.3) is 10.6 Å². The minimum absolute atomic E-state index is 0.151. The fourth-order valence-corrected chi connectivity index (χ4v) is 2.38. The van der Waals surface area contributed by atoms with Gasteiger partial charge >= 0.3 is 5.97 Å². The molecule has 2 heterocycles. The Labute approximate surface area is 120 Å². The summed E-state index contributed by atoms with van der Waals surface area (Å²) < 4.78 is 4.47. The molecular weight excluding hydrogens is 276 g/mol. The molecule has 0 aliphatic rings. The van der Waals surface area contributed by atoms with Crippen molar-refractivity contribution >= 4 is 23.2 Å². The molecule has 2 rings (SSSR count). The quantitative estimate of drug-likeness (QED) is 0.875. The van der Waals surface area contributed by atoms with Crippen molar-refractivity contribution in [1.82, 2.24) is 10.3 Å². The Kier molecular flexibility index (Phi) is 4.47. The van der Waals surface area contributed by atoms with Crippen LogP contribution in [0.5, 0.6) is 0 Å². The highest BCUT2D eigenvalue weighted by atomic mass is 32.1. The van der Waals surface area contributed by atoms with Crippen LogP contribution in [0.3, 0.4) is 0 Å². The maximum absolute atomic E-state index is 11.9. The summed E-state index contributed by atoms with van der Waals surface area (Å²) in [7, 11) is 1.27. The average Bonchev–Trinajstić information content (AvgIpc) is 2.98. The fourth-order valence-electron chi connectivity index (χ4n) is 1.68. The molecule has 0 atom stereocenters. The maximum Gasteiger partial charge on any atom is 0.325 e. The van der Waals surface area contributed by atoms with Gasteiger partial charge in [0, 0.05) is 0 Å². The predicted molar refractivity (Wildman–Crippen MR) is 76.6 cm³/mol. The number of ether oxygens (including phenoxy) is 1. The lowest BCUT2D eigenvalue weighted by Gasteiger charge is -2.07. The zero-order valence-electron chi connectivity index (χ0n) is 11.2. The van der Waals surface area contributed by atoms with Crippen LogP contribution < -0.4 is 5.32 Å². The number of amides is 1. The van der Waals surface area contributed by atoms with Gasteiger partial charge in [-0.3, -0.25) is 14.6 Å². The van der Waals surface area contributed by atoms with Gasteiger partial charge in [-0.25, -0.2) is 0 Å². The van der Waals surface area contributed by atoms with Gasteiger partial charge in [-0.05, 0) is 30.5 Å². The number of carbonyl (C=O) groups excluding carboxylic acids is 2. The molecule has 0 spiro atoms. The minimum atomic E-state index is -0.487. The van der Waals surface area contributed by atoms with E-state index in [1.807, 2.05) is 17.5 Å². The topological polar surface area (TPSA) is 68.3 Å². The average molecular weight is 290 g/mol. The number of thiophene rings is 1. The van der Waals surface area contributed by atoms with E-state index < -0.39 is 5.97 Å². The summed E-state index contributed by atoms with van der Waals surface area (Å²) in [6.45, 7) is 1.62. The van der Waals surface area contributed by atoms with Crippen molar-refractivity contribution in [3.05, 3.63) is 40.9 Å². The summed E-state index contributed by atoms with van der Waals surface area (Å²) in [5.41, 5.74) is 1.91. The molecule has 20 heavy (non-hydrogen) atoms. The fraction of sp³-hybridized carbons (Fsp3) is 0.214. The van der Waals surface area contributed by atoms with Crippen LogP contribution in [0, 0.1) is 6.92 Å². The van der Waals surface area contributed by atoms with Gasteiger partial charge < -0.3 is 10.1 Å². The highest BCUT2D eigenvalue weighted by molar-refractivity contribution is 7.13. The molecule has 0 aliphatic heterocycles. The molecule has 0 unspecified atom stereocenters. The second-order valence-corrected chi connectivity index (χ2v) is 5.01. The number of nitrogens with zero attached hydrogens (tertiary/aromatic N) is 1. The smallest absolute Gasteiger partial charge is 0.325 e. The lowest BCUT2D eigenvalue weighted by molar-refractivity contribution is -0.139. The maximum atomic E-state index is 11.9. The molecule has 0 saturated heterocycles. The molecule has 2 aromatic heterocycles. The summed E-state index contributed by atoms with van der Waals surface area (Å²) in [6.07, 6.45) is 0.